The topological polar surface area (TPSA) is 75.0 Å². The van der Waals surface area contributed by atoms with Crippen molar-refractivity contribution in [1.82, 2.24) is 15.0 Å². The second-order valence-corrected chi connectivity index (χ2v) is 4.50. The molecular weight excluding hydrogens is 278 g/mol. The summed E-state index contributed by atoms with van der Waals surface area (Å²) in [5.74, 6) is 0.189. The molecule has 0 saturated carbocycles. The van der Waals surface area contributed by atoms with Gasteiger partial charge in [-0.2, -0.15) is 0 Å². The number of para-hydroxylation sites is 1. The van der Waals surface area contributed by atoms with E-state index in [1.54, 1.807) is 6.20 Å². The maximum Gasteiger partial charge on any atom is 0.414 e. The summed E-state index contributed by atoms with van der Waals surface area (Å²) in [5, 5.41) is 8.93. The van der Waals surface area contributed by atoms with E-state index in [1.165, 1.54) is 0 Å². The molecule has 0 radical (unpaired) electrons. The molecule has 1 N–H and O–H groups in total. The van der Waals surface area contributed by atoms with E-state index >= 15 is 0 Å². The van der Waals surface area contributed by atoms with Crippen molar-refractivity contribution in [2.75, 3.05) is 0 Å². The fraction of sp³-hybridized carbons (Fsp3) is 0.0667. The largest absolute Gasteiger partial charge is 0.414 e. The number of fused-ring (bicyclic) bond motifs is 1. The SMILES string of the molecule is [C-]#[N+]c1nc(N=Nc2cnc3c(C)cccc3c2)[nH]c1[N+]#[C-]. The number of aromatic nitrogens is 3. The fourth-order valence-corrected chi connectivity index (χ4v) is 2.01. The molecule has 0 unspecified atom stereocenters. The van der Waals surface area contributed by atoms with Crippen LogP contribution in [-0.4, -0.2) is 15.0 Å². The maximum absolute atomic E-state index is 6.94. The third-order valence-corrected chi connectivity index (χ3v) is 3.03. The number of nitrogens with one attached hydrogen (secondary N) is 1. The van der Waals surface area contributed by atoms with E-state index in [1.807, 2.05) is 31.2 Å². The number of nitrogens with zero attached hydrogens (tertiary/aromatic N) is 6. The van der Waals surface area contributed by atoms with Crippen molar-refractivity contribution in [3.05, 3.63) is 58.9 Å². The Labute approximate surface area is 126 Å². The summed E-state index contributed by atoms with van der Waals surface area (Å²) in [6, 6.07) is 7.77. The van der Waals surface area contributed by atoms with Crippen LogP contribution < -0.4 is 0 Å². The molecule has 0 saturated heterocycles. The third kappa shape index (κ3) is 2.39. The van der Waals surface area contributed by atoms with Gasteiger partial charge in [-0.15, -0.1) is 5.11 Å². The number of hydrogen-bond acceptors (Lipinski definition) is 4. The van der Waals surface area contributed by atoms with Gasteiger partial charge in [0.2, 0.25) is 0 Å². The Morgan fingerprint density at radius 3 is 2.77 bits per heavy atom. The van der Waals surface area contributed by atoms with Gasteiger partial charge in [0, 0.05) is 5.39 Å². The van der Waals surface area contributed by atoms with E-state index < -0.39 is 0 Å². The lowest BCUT2D eigenvalue weighted by molar-refractivity contribution is 1.12. The summed E-state index contributed by atoms with van der Waals surface area (Å²) in [7, 11) is 0. The van der Waals surface area contributed by atoms with Crippen molar-refractivity contribution in [3.8, 4) is 0 Å². The van der Waals surface area contributed by atoms with Crippen molar-refractivity contribution < 1.29 is 0 Å². The summed E-state index contributed by atoms with van der Waals surface area (Å²) < 4.78 is 0. The number of benzene rings is 1. The second kappa shape index (κ2) is 5.43. The van der Waals surface area contributed by atoms with E-state index in [9.17, 15) is 0 Å². The van der Waals surface area contributed by atoms with Crippen LogP contribution in [0.4, 0.5) is 23.3 Å². The molecule has 0 aliphatic rings. The van der Waals surface area contributed by atoms with Gasteiger partial charge in [0.25, 0.3) is 11.6 Å². The zero-order chi connectivity index (χ0) is 15.5. The minimum atomic E-state index is -0.00351. The lowest BCUT2D eigenvalue weighted by Crippen LogP contribution is -1.81. The van der Waals surface area contributed by atoms with Gasteiger partial charge in [-0.05, 0) is 18.6 Å². The zero-order valence-electron chi connectivity index (χ0n) is 11.6. The first-order valence-electron chi connectivity index (χ1n) is 6.33. The fourth-order valence-electron chi connectivity index (χ4n) is 2.01. The monoisotopic (exact) mass is 287 g/mol. The molecule has 0 aliphatic carbocycles. The standard InChI is InChI=1S/C15H9N7/c1-9-5-4-6-10-7-11(8-18-12(9)10)21-22-15-19-13(16-2)14(17-3)20-15/h4-8H,1H3,(H,19,20). The molecule has 0 aliphatic heterocycles. The third-order valence-electron chi connectivity index (χ3n) is 3.03. The number of aryl methyl sites for hydroxylation is 1. The summed E-state index contributed by atoms with van der Waals surface area (Å²) in [6.45, 7) is 15.9. The van der Waals surface area contributed by atoms with Crippen molar-refractivity contribution >= 4 is 34.2 Å². The van der Waals surface area contributed by atoms with Gasteiger partial charge < -0.3 is 9.69 Å². The number of hydrogen-bond donors (Lipinski definition) is 1. The molecule has 0 spiro atoms. The van der Waals surface area contributed by atoms with Gasteiger partial charge in [-0.3, -0.25) is 9.97 Å². The summed E-state index contributed by atoms with van der Waals surface area (Å²) in [4.78, 5) is 17.2. The first-order valence-corrected chi connectivity index (χ1v) is 6.33. The predicted molar refractivity (Wildman–Crippen MR) is 81.8 cm³/mol. The number of imidazole rings is 1. The van der Waals surface area contributed by atoms with Crippen LogP contribution >= 0.6 is 0 Å². The summed E-state index contributed by atoms with van der Waals surface area (Å²) in [5.41, 5.74) is 2.59. The number of pyridine rings is 1. The second-order valence-electron chi connectivity index (χ2n) is 4.50. The average Bonchev–Trinajstić information content (AvgIpc) is 2.95. The Balaban J connectivity index is 1.95. The highest BCUT2D eigenvalue weighted by molar-refractivity contribution is 5.83. The van der Waals surface area contributed by atoms with E-state index in [0.717, 1.165) is 16.5 Å². The normalized spacial score (nSPS) is 10.7. The Bertz CT molecular complexity index is 938. The van der Waals surface area contributed by atoms with E-state index in [4.69, 9.17) is 13.1 Å². The smallest absolute Gasteiger partial charge is 0.373 e. The Hall–Kier alpha value is -3.58. The first kappa shape index (κ1) is 13.4. The summed E-state index contributed by atoms with van der Waals surface area (Å²) >= 11 is 0. The van der Waals surface area contributed by atoms with Crippen molar-refractivity contribution in [1.29, 1.82) is 0 Å². The van der Waals surface area contributed by atoms with Gasteiger partial charge in [0.05, 0.1) is 11.7 Å². The average molecular weight is 287 g/mol. The van der Waals surface area contributed by atoms with Gasteiger partial charge in [-0.1, -0.05) is 41.4 Å². The van der Waals surface area contributed by atoms with Gasteiger partial charge in [0.15, 0.2) is 0 Å². The Kier molecular flexibility index (Phi) is 3.31. The molecule has 7 nitrogen and oxygen atoms in total. The predicted octanol–water partition coefficient (Wildman–Crippen LogP) is 4.78. The van der Waals surface area contributed by atoms with Crippen molar-refractivity contribution in [2.45, 2.75) is 6.92 Å². The molecule has 1 aromatic carbocycles. The zero-order valence-corrected chi connectivity index (χ0v) is 11.6. The van der Waals surface area contributed by atoms with Gasteiger partial charge >= 0.3 is 5.95 Å². The maximum atomic E-state index is 6.94. The minimum Gasteiger partial charge on any atom is -0.373 e. The summed E-state index contributed by atoms with van der Waals surface area (Å²) in [6.07, 6.45) is 1.62. The highest BCUT2D eigenvalue weighted by Gasteiger charge is 2.13. The van der Waals surface area contributed by atoms with Gasteiger partial charge in [-0.25, -0.2) is 0 Å². The van der Waals surface area contributed by atoms with Crippen molar-refractivity contribution in [3.63, 3.8) is 0 Å². The number of H-pyrrole nitrogens is 1. The van der Waals surface area contributed by atoms with E-state index in [0.29, 0.717) is 5.69 Å². The molecule has 0 amide bonds. The molecule has 2 aromatic heterocycles. The number of aromatic amines is 1. The lowest BCUT2D eigenvalue weighted by atomic mass is 10.1. The van der Waals surface area contributed by atoms with E-state index in [-0.39, 0.29) is 17.6 Å². The van der Waals surface area contributed by atoms with E-state index in [2.05, 4.69) is 34.9 Å². The van der Waals surface area contributed by atoms with Crippen LogP contribution in [0.5, 0.6) is 0 Å². The first-order chi connectivity index (χ1) is 10.7. The molecule has 0 bridgehead atoms. The molecule has 0 fully saturated rings. The quantitative estimate of drug-likeness (QED) is 0.543. The molecular formula is C15H9N7. The Morgan fingerprint density at radius 1 is 1.18 bits per heavy atom. The minimum absolute atomic E-state index is 0.00351. The number of azo groups is 1. The van der Waals surface area contributed by atoms with Crippen LogP contribution in [0.25, 0.3) is 20.6 Å². The molecule has 2 heterocycles. The molecule has 3 aromatic rings. The molecule has 0 atom stereocenters. The Morgan fingerprint density at radius 2 is 2.05 bits per heavy atom. The molecule has 104 valence electrons. The van der Waals surface area contributed by atoms with Crippen LogP contribution in [0.1, 0.15) is 5.56 Å². The van der Waals surface area contributed by atoms with Gasteiger partial charge in [0.1, 0.15) is 5.69 Å². The molecule has 3 rings (SSSR count). The molecule has 22 heavy (non-hydrogen) atoms. The highest BCUT2D eigenvalue weighted by Crippen LogP contribution is 2.29. The highest BCUT2D eigenvalue weighted by atomic mass is 15.2. The number of rotatable bonds is 2. The van der Waals surface area contributed by atoms with Crippen molar-refractivity contribution in [2.24, 2.45) is 10.2 Å². The van der Waals surface area contributed by atoms with Crippen LogP contribution in [-0.2, 0) is 0 Å². The van der Waals surface area contributed by atoms with Crippen LogP contribution in [0.3, 0.4) is 0 Å². The van der Waals surface area contributed by atoms with Crippen LogP contribution in [0.2, 0.25) is 0 Å². The lowest BCUT2D eigenvalue weighted by Gasteiger charge is -2.00. The van der Waals surface area contributed by atoms with Crippen LogP contribution in [0, 0.1) is 20.1 Å². The van der Waals surface area contributed by atoms with Crippen LogP contribution in [0.15, 0.2) is 40.7 Å². The molecule has 7 heteroatoms.